The molecule has 0 unspecified atom stereocenters. The molecule has 0 radical (unpaired) electrons. The molecule has 0 aliphatic carbocycles. The summed E-state index contributed by atoms with van der Waals surface area (Å²) in [7, 11) is 0. The molecule has 104 valence electrons. The van der Waals surface area contributed by atoms with Crippen molar-refractivity contribution in [2.45, 2.75) is 13.5 Å². The molecule has 0 fully saturated rings. The lowest BCUT2D eigenvalue weighted by atomic mass is 10.1. The molecule has 0 spiro atoms. The highest BCUT2D eigenvalue weighted by Crippen LogP contribution is 2.27. The molecule has 2 rings (SSSR count). The molecule has 0 aliphatic heterocycles. The first kappa shape index (κ1) is 14.5. The number of para-hydroxylation sites is 1. The van der Waals surface area contributed by atoms with Crippen molar-refractivity contribution in [3.63, 3.8) is 0 Å². The molecule has 0 aromatic heterocycles. The number of hydrogen-bond donors (Lipinski definition) is 1. The van der Waals surface area contributed by atoms with E-state index in [1.165, 1.54) is 18.2 Å². The molecular weight excluding hydrogens is 327 g/mol. The summed E-state index contributed by atoms with van der Waals surface area (Å²) in [6.45, 7) is 2.27. The highest BCUT2D eigenvalue weighted by Gasteiger charge is 2.17. The predicted molar refractivity (Wildman–Crippen MR) is 79.3 cm³/mol. The minimum atomic E-state index is -0.634. The van der Waals surface area contributed by atoms with Crippen LogP contribution in [0.4, 0.5) is 15.8 Å². The van der Waals surface area contributed by atoms with Crippen molar-refractivity contribution >= 4 is 27.3 Å². The second-order valence-corrected chi connectivity index (χ2v) is 5.18. The summed E-state index contributed by atoms with van der Waals surface area (Å²) in [5.41, 5.74) is 1.64. The van der Waals surface area contributed by atoms with Gasteiger partial charge in [-0.3, -0.25) is 10.1 Å². The van der Waals surface area contributed by atoms with Gasteiger partial charge in [-0.1, -0.05) is 34.1 Å². The van der Waals surface area contributed by atoms with E-state index in [1.807, 2.05) is 25.1 Å². The number of nitrogens with one attached hydrogen (secondary N) is 1. The molecule has 0 heterocycles. The molecule has 0 bridgehead atoms. The second-order valence-electron chi connectivity index (χ2n) is 4.33. The molecule has 0 atom stereocenters. The Hall–Kier alpha value is -1.95. The smallest absolute Gasteiger partial charge is 0.295 e. The minimum absolute atomic E-state index is 0.0887. The van der Waals surface area contributed by atoms with E-state index in [2.05, 4.69) is 21.2 Å². The van der Waals surface area contributed by atoms with Crippen LogP contribution in [0.1, 0.15) is 11.1 Å². The Balaban J connectivity index is 2.22. The third-order valence-corrected chi connectivity index (χ3v) is 3.75. The van der Waals surface area contributed by atoms with E-state index >= 15 is 0 Å². The van der Waals surface area contributed by atoms with Crippen LogP contribution >= 0.6 is 15.9 Å². The maximum atomic E-state index is 13.7. The summed E-state index contributed by atoms with van der Waals surface area (Å²) >= 11 is 3.41. The number of benzene rings is 2. The molecule has 6 heteroatoms. The standard InChI is InChI=1S/C14H12BrFN2O2/c1-9-5-6-10(7-11(9)15)8-17-14-12(16)3-2-4-13(14)18(19)20/h2-7,17H,8H2,1H3. The van der Waals surface area contributed by atoms with Gasteiger partial charge in [-0.25, -0.2) is 4.39 Å². The summed E-state index contributed by atoms with van der Waals surface area (Å²) in [4.78, 5) is 10.3. The van der Waals surface area contributed by atoms with Gasteiger partial charge < -0.3 is 5.32 Å². The van der Waals surface area contributed by atoms with Gasteiger partial charge >= 0.3 is 0 Å². The fourth-order valence-corrected chi connectivity index (χ4v) is 2.20. The fourth-order valence-electron chi connectivity index (χ4n) is 1.78. The van der Waals surface area contributed by atoms with Gasteiger partial charge in [0, 0.05) is 17.1 Å². The van der Waals surface area contributed by atoms with Gasteiger partial charge in [0.25, 0.3) is 5.69 Å². The van der Waals surface area contributed by atoms with E-state index in [1.54, 1.807) is 0 Å². The van der Waals surface area contributed by atoms with Gasteiger partial charge in [-0.2, -0.15) is 0 Å². The number of halogens is 2. The van der Waals surface area contributed by atoms with Gasteiger partial charge in [0.05, 0.1) is 4.92 Å². The first-order valence-electron chi connectivity index (χ1n) is 5.91. The molecular formula is C14H12BrFN2O2. The van der Waals surface area contributed by atoms with Crippen LogP contribution in [0.3, 0.4) is 0 Å². The molecule has 0 saturated heterocycles. The molecule has 0 aliphatic rings. The summed E-state index contributed by atoms with van der Waals surface area (Å²) in [6.07, 6.45) is 0. The fraction of sp³-hybridized carbons (Fsp3) is 0.143. The third-order valence-electron chi connectivity index (χ3n) is 2.89. The van der Waals surface area contributed by atoms with Crippen molar-refractivity contribution in [1.82, 2.24) is 0 Å². The van der Waals surface area contributed by atoms with Gasteiger partial charge in [0.15, 0.2) is 5.82 Å². The van der Waals surface area contributed by atoms with E-state index in [0.29, 0.717) is 6.54 Å². The third kappa shape index (κ3) is 3.14. The van der Waals surface area contributed by atoms with Crippen LogP contribution < -0.4 is 5.32 Å². The van der Waals surface area contributed by atoms with E-state index in [-0.39, 0.29) is 11.4 Å². The predicted octanol–water partition coefficient (Wildman–Crippen LogP) is 4.42. The Morgan fingerprint density at radius 3 is 2.75 bits per heavy atom. The Bertz CT molecular complexity index is 662. The summed E-state index contributed by atoms with van der Waals surface area (Å²) in [6, 6.07) is 9.50. The van der Waals surface area contributed by atoms with Crippen molar-refractivity contribution < 1.29 is 9.31 Å². The topological polar surface area (TPSA) is 55.2 Å². The number of rotatable bonds is 4. The quantitative estimate of drug-likeness (QED) is 0.663. The van der Waals surface area contributed by atoms with Crippen LogP contribution in [0.25, 0.3) is 0 Å². The van der Waals surface area contributed by atoms with Crippen molar-refractivity contribution in [2.24, 2.45) is 0 Å². The van der Waals surface area contributed by atoms with Crippen LogP contribution in [0.2, 0.25) is 0 Å². The largest absolute Gasteiger partial charge is 0.373 e. The number of nitro groups is 1. The Labute approximate surface area is 123 Å². The average Bonchev–Trinajstić information content (AvgIpc) is 2.40. The first-order chi connectivity index (χ1) is 9.49. The van der Waals surface area contributed by atoms with Crippen LogP contribution in [0, 0.1) is 22.9 Å². The lowest BCUT2D eigenvalue weighted by Gasteiger charge is -2.09. The molecule has 20 heavy (non-hydrogen) atoms. The van der Waals surface area contributed by atoms with E-state index < -0.39 is 10.7 Å². The highest BCUT2D eigenvalue weighted by atomic mass is 79.9. The molecule has 0 amide bonds. The summed E-state index contributed by atoms with van der Waals surface area (Å²) in [5, 5.41) is 13.7. The lowest BCUT2D eigenvalue weighted by Crippen LogP contribution is -2.05. The zero-order valence-corrected chi connectivity index (χ0v) is 12.3. The number of nitrogens with zero attached hydrogens (tertiary/aromatic N) is 1. The average molecular weight is 339 g/mol. The maximum absolute atomic E-state index is 13.7. The molecule has 2 aromatic rings. The van der Waals surface area contributed by atoms with Gasteiger partial charge in [-0.15, -0.1) is 0 Å². The van der Waals surface area contributed by atoms with Crippen molar-refractivity contribution in [3.8, 4) is 0 Å². The number of nitro benzene ring substituents is 1. The van der Waals surface area contributed by atoms with Crippen molar-refractivity contribution in [2.75, 3.05) is 5.32 Å². The zero-order chi connectivity index (χ0) is 14.7. The highest BCUT2D eigenvalue weighted by molar-refractivity contribution is 9.10. The van der Waals surface area contributed by atoms with Crippen molar-refractivity contribution in [1.29, 1.82) is 0 Å². The van der Waals surface area contributed by atoms with E-state index in [4.69, 9.17) is 0 Å². The monoisotopic (exact) mass is 338 g/mol. The van der Waals surface area contributed by atoms with Gasteiger partial charge in [0.2, 0.25) is 0 Å². The summed E-state index contributed by atoms with van der Waals surface area (Å²) < 4.78 is 14.6. The first-order valence-corrected chi connectivity index (χ1v) is 6.70. The van der Waals surface area contributed by atoms with Crippen LogP contribution in [0.15, 0.2) is 40.9 Å². The minimum Gasteiger partial charge on any atom is -0.373 e. The van der Waals surface area contributed by atoms with Gasteiger partial charge in [-0.05, 0) is 30.2 Å². The number of anilines is 1. The second kappa shape index (κ2) is 6.00. The Kier molecular flexibility index (Phi) is 4.34. The maximum Gasteiger partial charge on any atom is 0.295 e. The SMILES string of the molecule is Cc1ccc(CNc2c(F)cccc2[N+](=O)[O-])cc1Br. The number of aryl methyl sites for hydroxylation is 1. The molecule has 1 N–H and O–H groups in total. The van der Waals surface area contributed by atoms with E-state index in [9.17, 15) is 14.5 Å². The number of hydrogen-bond acceptors (Lipinski definition) is 3. The lowest BCUT2D eigenvalue weighted by molar-refractivity contribution is -0.384. The summed E-state index contributed by atoms with van der Waals surface area (Å²) in [5.74, 6) is -0.634. The Morgan fingerprint density at radius 1 is 1.35 bits per heavy atom. The Morgan fingerprint density at radius 2 is 2.10 bits per heavy atom. The van der Waals surface area contributed by atoms with Crippen molar-refractivity contribution in [3.05, 3.63) is 67.9 Å². The van der Waals surface area contributed by atoms with Crippen LogP contribution in [-0.4, -0.2) is 4.92 Å². The molecule has 0 saturated carbocycles. The molecule has 2 aromatic carbocycles. The van der Waals surface area contributed by atoms with Crippen LogP contribution in [0.5, 0.6) is 0 Å². The zero-order valence-electron chi connectivity index (χ0n) is 10.7. The molecule has 4 nitrogen and oxygen atoms in total. The normalized spacial score (nSPS) is 10.3. The van der Waals surface area contributed by atoms with E-state index in [0.717, 1.165) is 15.6 Å². The van der Waals surface area contributed by atoms with Crippen LogP contribution in [-0.2, 0) is 6.54 Å². The van der Waals surface area contributed by atoms with Gasteiger partial charge in [0.1, 0.15) is 5.69 Å².